The lowest BCUT2D eigenvalue weighted by Crippen LogP contribution is -1.96. The average molecular weight is 283 g/mol. The van der Waals surface area contributed by atoms with Crippen LogP contribution in [0.4, 0.5) is 5.69 Å². The summed E-state index contributed by atoms with van der Waals surface area (Å²) in [5.41, 5.74) is 2.05. The monoisotopic (exact) mass is 283 g/mol. The molecular formula is C10H9N3O3S2. The Morgan fingerprint density at radius 3 is 2.89 bits per heavy atom. The van der Waals surface area contributed by atoms with Gasteiger partial charge in [0, 0.05) is 6.07 Å². The van der Waals surface area contributed by atoms with Crippen molar-refractivity contribution in [3.05, 3.63) is 39.4 Å². The maximum absolute atomic E-state index is 11.0. The largest absolute Gasteiger partial charge is 0.389 e. The quantitative estimate of drug-likeness (QED) is 0.685. The smallest absolute Gasteiger partial charge is 0.283 e. The molecular weight excluding hydrogens is 274 g/mol. The number of rotatable bonds is 4. The van der Waals surface area contributed by atoms with E-state index in [1.54, 1.807) is 24.6 Å². The van der Waals surface area contributed by atoms with E-state index in [-0.39, 0.29) is 5.69 Å². The second-order valence-corrected chi connectivity index (χ2v) is 5.59. The van der Waals surface area contributed by atoms with Gasteiger partial charge in [-0.2, -0.15) is 0 Å². The minimum atomic E-state index is -0.732. The summed E-state index contributed by atoms with van der Waals surface area (Å²) in [6.45, 7) is 1.57. The first-order chi connectivity index (χ1) is 8.58. The topological polar surface area (TPSA) is 89.2 Å². The van der Waals surface area contributed by atoms with Crippen molar-refractivity contribution in [2.75, 3.05) is 0 Å². The average Bonchev–Trinajstić information content (AvgIpc) is 2.81. The lowest BCUT2D eigenvalue weighted by atomic mass is 10.1. The van der Waals surface area contributed by atoms with Gasteiger partial charge in [-0.1, -0.05) is 29.2 Å². The molecule has 0 fully saturated rings. The minimum absolute atomic E-state index is 0.0337. The molecule has 0 amide bonds. The van der Waals surface area contributed by atoms with Crippen LogP contribution in [0.3, 0.4) is 0 Å². The van der Waals surface area contributed by atoms with Crippen molar-refractivity contribution in [3.63, 3.8) is 0 Å². The predicted octanol–water partition coefficient (Wildman–Crippen LogP) is 2.65. The van der Waals surface area contributed by atoms with Gasteiger partial charge in [0.2, 0.25) is 0 Å². The van der Waals surface area contributed by atoms with E-state index >= 15 is 0 Å². The van der Waals surface area contributed by atoms with E-state index in [4.69, 9.17) is 0 Å². The molecule has 0 aliphatic heterocycles. The molecule has 0 aliphatic rings. The highest BCUT2D eigenvalue weighted by Crippen LogP contribution is 2.36. The summed E-state index contributed by atoms with van der Waals surface area (Å²) in [4.78, 5) is 11.0. The summed E-state index contributed by atoms with van der Waals surface area (Å²) < 4.78 is 0.642. The van der Waals surface area contributed by atoms with Crippen LogP contribution >= 0.6 is 23.1 Å². The maximum Gasteiger partial charge on any atom is 0.283 e. The Bertz CT molecular complexity index is 558. The third-order valence-corrected chi connectivity index (χ3v) is 4.04. The van der Waals surface area contributed by atoms with Crippen molar-refractivity contribution in [1.82, 2.24) is 10.2 Å². The lowest BCUT2D eigenvalue weighted by Gasteiger charge is -2.06. The van der Waals surface area contributed by atoms with Gasteiger partial charge in [-0.3, -0.25) is 10.1 Å². The Kier molecular flexibility index (Phi) is 3.90. The van der Waals surface area contributed by atoms with E-state index in [0.717, 1.165) is 0 Å². The van der Waals surface area contributed by atoms with E-state index in [2.05, 4.69) is 10.2 Å². The van der Waals surface area contributed by atoms with Crippen molar-refractivity contribution in [2.45, 2.75) is 22.3 Å². The fourth-order valence-electron chi connectivity index (χ4n) is 1.32. The van der Waals surface area contributed by atoms with Crippen LogP contribution in [-0.2, 0) is 0 Å². The number of nitro benzene ring substituents is 1. The highest BCUT2D eigenvalue weighted by Gasteiger charge is 2.18. The summed E-state index contributed by atoms with van der Waals surface area (Å²) in [7, 11) is 0. The molecule has 1 atom stereocenters. The van der Waals surface area contributed by atoms with Crippen LogP contribution < -0.4 is 0 Å². The third kappa shape index (κ3) is 2.84. The van der Waals surface area contributed by atoms with Crippen molar-refractivity contribution < 1.29 is 10.0 Å². The number of aliphatic hydroxyl groups is 1. The number of benzene rings is 1. The van der Waals surface area contributed by atoms with Crippen LogP contribution in [0.2, 0.25) is 0 Å². The van der Waals surface area contributed by atoms with E-state index in [0.29, 0.717) is 14.8 Å². The van der Waals surface area contributed by atoms with E-state index in [1.165, 1.54) is 29.2 Å². The van der Waals surface area contributed by atoms with Gasteiger partial charge in [-0.15, -0.1) is 10.2 Å². The van der Waals surface area contributed by atoms with Gasteiger partial charge in [0.25, 0.3) is 5.69 Å². The maximum atomic E-state index is 11.0. The Hall–Kier alpha value is -1.51. The molecule has 0 radical (unpaired) electrons. The molecule has 0 aliphatic carbocycles. The van der Waals surface area contributed by atoms with Gasteiger partial charge < -0.3 is 5.11 Å². The zero-order valence-corrected chi connectivity index (χ0v) is 10.9. The molecule has 1 aromatic heterocycles. The number of hydrogen-bond donors (Lipinski definition) is 1. The van der Waals surface area contributed by atoms with E-state index in [9.17, 15) is 15.2 Å². The SMILES string of the molecule is C[C@@H](O)c1ccc(Sc2nncs2)c([N+](=O)[O-])c1. The normalized spacial score (nSPS) is 12.3. The van der Waals surface area contributed by atoms with Crippen LogP contribution in [0.15, 0.2) is 32.9 Å². The number of aromatic nitrogens is 2. The summed E-state index contributed by atoms with van der Waals surface area (Å²) in [6, 6.07) is 4.67. The fourth-order valence-corrected chi connectivity index (χ4v) is 2.84. The molecule has 0 unspecified atom stereocenters. The van der Waals surface area contributed by atoms with Crippen molar-refractivity contribution in [3.8, 4) is 0 Å². The Labute approximate surface area is 111 Å². The van der Waals surface area contributed by atoms with Crippen LogP contribution in [0.25, 0.3) is 0 Å². The molecule has 2 rings (SSSR count). The Morgan fingerprint density at radius 1 is 1.56 bits per heavy atom. The van der Waals surface area contributed by atoms with Crippen molar-refractivity contribution >= 4 is 28.8 Å². The Morgan fingerprint density at radius 2 is 2.33 bits per heavy atom. The molecule has 1 heterocycles. The highest BCUT2D eigenvalue weighted by molar-refractivity contribution is 8.01. The van der Waals surface area contributed by atoms with Crippen molar-refractivity contribution in [2.24, 2.45) is 0 Å². The summed E-state index contributed by atoms with van der Waals surface area (Å²) in [6.07, 6.45) is -0.732. The van der Waals surface area contributed by atoms with Gasteiger partial charge in [0.05, 0.1) is 15.9 Å². The highest BCUT2D eigenvalue weighted by atomic mass is 32.2. The van der Waals surface area contributed by atoms with Gasteiger partial charge in [0.15, 0.2) is 4.34 Å². The predicted molar refractivity (Wildman–Crippen MR) is 67.8 cm³/mol. The first-order valence-corrected chi connectivity index (χ1v) is 6.68. The summed E-state index contributed by atoms with van der Waals surface area (Å²) in [5, 5.41) is 27.9. The number of nitrogens with zero attached hydrogens (tertiary/aromatic N) is 3. The third-order valence-electron chi connectivity index (χ3n) is 2.20. The van der Waals surface area contributed by atoms with Gasteiger partial charge in [-0.25, -0.2) is 0 Å². The summed E-state index contributed by atoms with van der Waals surface area (Å²) in [5.74, 6) is 0. The molecule has 0 saturated heterocycles. The van der Waals surface area contributed by atoms with E-state index in [1.807, 2.05) is 0 Å². The van der Waals surface area contributed by atoms with Gasteiger partial charge in [-0.05, 0) is 18.6 Å². The lowest BCUT2D eigenvalue weighted by molar-refractivity contribution is -0.387. The molecule has 1 aromatic carbocycles. The second-order valence-electron chi connectivity index (χ2n) is 3.47. The van der Waals surface area contributed by atoms with Gasteiger partial charge >= 0.3 is 0 Å². The molecule has 0 bridgehead atoms. The zero-order chi connectivity index (χ0) is 13.1. The standard InChI is InChI=1S/C10H9N3O3S2/c1-6(14)7-2-3-9(8(4-7)13(15)16)18-10-12-11-5-17-10/h2-6,14H,1H3/t6-/m1/s1. The molecule has 1 N–H and O–H groups in total. The van der Waals surface area contributed by atoms with E-state index < -0.39 is 11.0 Å². The number of aliphatic hydroxyl groups excluding tert-OH is 1. The molecule has 18 heavy (non-hydrogen) atoms. The van der Waals surface area contributed by atoms with Crippen LogP contribution in [-0.4, -0.2) is 20.2 Å². The minimum Gasteiger partial charge on any atom is -0.389 e. The Balaban J connectivity index is 2.37. The fraction of sp³-hybridized carbons (Fsp3) is 0.200. The zero-order valence-electron chi connectivity index (χ0n) is 9.31. The van der Waals surface area contributed by atoms with Crippen molar-refractivity contribution in [1.29, 1.82) is 0 Å². The first kappa shape index (κ1) is 12.9. The molecule has 2 aromatic rings. The van der Waals surface area contributed by atoms with Crippen LogP contribution in [0.5, 0.6) is 0 Å². The van der Waals surface area contributed by atoms with Crippen LogP contribution in [0, 0.1) is 10.1 Å². The molecule has 94 valence electrons. The van der Waals surface area contributed by atoms with Gasteiger partial charge in [0.1, 0.15) is 5.51 Å². The number of hydrogen-bond acceptors (Lipinski definition) is 7. The first-order valence-electron chi connectivity index (χ1n) is 4.98. The van der Waals surface area contributed by atoms with Crippen LogP contribution in [0.1, 0.15) is 18.6 Å². The molecule has 0 spiro atoms. The summed E-state index contributed by atoms with van der Waals surface area (Å²) >= 11 is 2.51. The molecule has 8 heteroatoms. The molecule has 0 saturated carbocycles. The molecule has 6 nitrogen and oxygen atoms in total. The number of nitro groups is 1. The second kappa shape index (κ2) is 5.42.